The van der Waals surface area contributed by atoms with Crippen molar-refractivity contribution in [1.29, 1.82) is 0 Å². The minimum atomic E-state index is -3.61. The van der Waals surface area contributed by atoms with Gasteiger partial charge in [-0.1, -0.05) is 0 Å². The van der Waals surface area contributed by atoms with Gasteiger partial charge in [0.1, 0.15) is 0 Å². The van der Waals surface area contributed by atoms with Gasteiger partial charge in [0.05, 0.1) is 4.90 Å². The average Bonchev–Trinajstić information content (AvgIpc) is 2.33. The normalized spacial score (nSPS) is 13.4. The molecule has 6 heteroatoms. The minimum absolute atomic E-state index is 0.0571. The highest BCUT2D eigenvalue weighted by Crippen LogP contribution is 2.28. The van der Waals surface area contributed by atoms with Gasteiger partial charge in [0, 0.05) is 18.3 Å². The number of aliphatic hydroxyl groups excluding tert-OH is 1. The van der Waals surface area contributed by atoms with Crippen LogP contribution in [0.25, 0.3) is 0 Å². The van der Waals surface area contributed by atoms with Crippen LogP contribution in [0.1, 0.15) is 36.5 Å². The number of nitrogen functional groups attached to an aromatic ring is 1. The molecule has 1 aromatic carbocycles. The van der Waals surface area contributed by atoms with Crippen molar-refractivity contribution in [3.8, 4) is 0 Å². The Morgan fingerprint density at radius 2 is 1.90 bits per heavy atom. The molecule has 1 rings (SSSR count). The molecule has 0 saturated heterocycles. The first-order valence-corrected chi connectivity index (χ1v) is 8.18. The molecule has 1 atom stereocenters. The fourth-order valence-corrected chi connectivity index (χ4v) is 4.07. The Hall–Kier alpha value is -1.11. The highest BCUT2D eigenvalue weighted by Gasteiger charge is 2.23. The standard InChI is InChI=1S/C14H24N2O3S/c1-9-8-13(15)12(4)14(11(9)3)20(18,19)16-10(2)6-5-7-17/h8,10,16-17H,5-7,15H2,1-4H3. The third-order valence-electron chi connectivity index (χ3n) is 3.50. The molecule has 114 valence electrons. The van der Waals surface area contributed by atoms with Crippen molar-refractivity contribution in [1.82, 2.24) is 4.72 Å². The Morgan fingerprint density at radius 1 is 1.30 bits per heavy atom. The van der Waals surface area contributed by atoms with E-state index in [2.05, 4.69) is 4.72 Å². The van der Waals surface area contributed by atoms with E-state index in [1.807, 2.05) is 6.92 Å². The molecule has 5 nitrogen and oxygen atoms in total. The SMILES string of the molecule is Cc1cc(N)c(C)c(S(=O)(=O)NC(C)CCCO)c1C. The van der Waals surface area contributed by atoms with Crippen molar-refractivity contribution in [2.24, 2.45) is 0 Å². The summed E-state index contributed by atoms with van der Waals surface area (Å²) in [4.78, 5) is 0.269. The van der Waals surface area contributed by atoms with Crippen molar-refractivity contribution in [3.63, 3.8) is 0 Å². The monoisotopic (exact) mass is 300 g/mol. The second-order valence-electron chi connectivity index (χ2n) is 5.25. The van der Waals surface area contributed by atoms with E-state index in [0.29, 0.717) is 24.1 Å². The molecule has 0 aromatic heterocycles. The van der Waals surface area contributed by atoms with Crippen molar-refractivity contribution < 1.29 is 13.5 Å². The third kappa shape index (κ3) is 3.71. The summed E-state index contributed by atoms with van der Waals surface area (Å²) in [6, 6.07) is 1.56. The molecule has 0 fully saturated rings. The van der Waals surface area contributed by atoms with Crippen LogP contribution in [0.15, 0.2) is 11.0 Å². The third-order valence-corrected chi connectivity index (χ3v) is 5.36. The quantitative estimate of drug-likeness (QED) is 0.696. The van der Waals surface area contributed by atoms with E-state index in [0.717, 1.165) is 11.1 Å². The smallest absolute Gasteiger partial charge is 0.241 e. The first-order chi connectivity index (χ1) is 9.20. The van der Waals surface area contributed by atoms with Gasteiger partial charge in [0.25, 0.3) is 0 Å². The molecule has 1 aromatic rings. The molecule has 0 bridgehead atoms. The maximum atomic E-state index is 12.5. The molecule has 0 aliphatic heterocycles. The number of benzene rings is 1. The molecular weight excluding hydrogens is 276 g/mol. The van der Waals surface area contributed by atoms with Crippen molar-refractivity contribution in [2.45, 2.75) is 51.5 Å². The van der Waals surface area contributed by atoms with Gasteiger partial charge in [-0.3, -0.25) is 0 Å². The Kier molecular flexibility index (Phi) is 5.56. The lowest BCUT2D eigenvalue weighted by molar-refractivity contribution is 0.279. The summed E-state index contributed by atoms with van der Waals surface area (Å²) in [7, 11) is -3.61. The van der Waals surface area contributed by atoms with E-state index in [1.54, 1.807) is 26.8 Å². The summed E-state index contributed by atoms with van der Waals surface area (Å²) in [5.74, 6) is 0. The van der Waals surface area contributed by atoms with Crippen LogP contribution in [0, 0.1) is 20.8 Å². The van der Waals surface area contributed by atoms with Crippen LogP contribution < -0.4 is 10.5 Å². The Labute approximate surface area is 121 Å². The lowest BCUT2D eigenvalue weighted by Gasteiger charge is -2.19. The molecule has 0 spiro atoms. The van der Waals surface area contributed by atoms with E-state index < -0.39 is 10.0 Å². The summed E-state index contributed by atoms with van der Waals surface area (Å²) in [6.07, 6.45) is 1.16. The molecule has 0 heterocycles. The van der Waals surface area contributed by atoms with Crippen LogP contribution in [-0.4, -0.2) is 26.2 Å². The van der Waals surface area contributed by atoms with Crippen molar-refractivity contribution >= 4 is 15.7 Å². The van der Waals surface area contributed by atoms with E-state index in [4.69, 9.17) is 10.8 Å². The van der Waals surface area contributed by atoms with E-state index >= 15 is 0 Å². The van der Waals surface area contributed by atoms with Crippen LogP contribution in [0.2, 0.25) is 0 Å². The van der Waals surface area contributed by atoms with Crippen LogP contribution >= 0.6 is 0 Å². The highest BCUT2D eigenvalue weighted by molar-refractivity contribution is 7.89. The van der Waals surface area contributed by atoms with Crippen LogP contribution in [0.5, 0.6) is 0 Å². The second kappa shape index (κ2) is 6.56. The fourth-order valence-electron chi connectivity index (χ4n) is 2.22. The van der Waals surface area contributed by atoms with Crippen LogP contribution in [-0.2, 0) is 10.0 Å². The molecule has 0 amide bonds. The number of nitrogens with one attached hydrogen (secondary N) is 1. The Balaban J connectivity index is 3.16. The van der Waals surface area contributed by atoms with E-state index in [1.165, 1.54) is 0 Å². The second-order valence-corrected chi connectivity index (χ2v) is 6.90. The number of rotatable bonds is 6. The molecule has 20 heavy (non-hydrogen) atoms. The average molecular weight is 300 g/mol. The van der Waals surface area contributed by atoms with Gasteiger partial charge in [-0.25, -0.2) is 13.1 Å². The van der Waals surface area contributed by atoms with Gasteiger partial charge in [-0.2, -0.15) is 0 Å². The summed E-state index contributed by atoms with van der Waals surface area (Å²) in [5, 5.41) is 8.80. The first-order valence-electron chi connectivity index (χ1n) is 6.70. The highest BCUT2D eigenvalue weighted by atomic mass is 32.2. The van der Waals surface area contributed by atoms with Crippen molar-refractivity contribution in [2.75, 3.05) is 12.3 Å². The predicted octanol–water partition coefficient (Wildman–Crippen LogP) is 1.63. The zero-order valence-electron chi connectivity index (χ0n) is 12.5. The number of aryl methyl sites for hydroxylation is 1. The van der Waals surface area contributed by atoms with Crippen LogP contribution in [0.4, 0.5) is 5.69 Å². The van der Waals surface area contributed by atoms with Gasteiger partial charge in [-0.05, 0) is 63.3 Å². The molecule has 0 radical (unpaired) electrons. The molecule has 0 aliphatic rings. The van der Waals surface area contributed by atoms with Gasteiger partial charge in [-0.15, -0.1) is 0 Å². The molecule has 0 saturated carbocycles. The maximum absolute atomic E-state index is 12.5. The molecule has 1 unspecified atom stereocenters. The summed E-state index contributed by atoms with van der Waals surface area (Å²) in [5.41, 5.74) is 8.51. The number of hydrogen-bond acceptors (Lipinski definition) is 4. The summed E-state index contributed by atoms with van der Waals surface area (Å²) in [6.45, 7) is 7.20. The van der Waals surface area contributed by atoms with Gasteiger partial charge < -0.3 is 10.8 Å². The predicted molar refractivity (Wildman–Crippen MR) is 81.2 cm³/mol. The summed E-state index contributed by atoms with van der Waals surface area (Å²) >= 11 is 0. The number of nitrogens with two attached hydrogens (primary N) is 1. The fraction of sp³-hybridized carbons (Fsp3) is 0.571. The maximum Gasteiger partial charge on any atom is 0.241 e. The largest absolute Gasteiger partial charge is 0.398 e. The van der Waals surface area contributed by atoms with E-state index in [9.17, 15) is 8.42 Å². The topological polar surface area (TPSA) is 92.4 Å². The van der Waals surface area contributed by atoms with Gasteiger partial charge in [0.15, 0.2) is 0 Å². The lowest BCUT2D eigenvalue weighted by atomic mass is 10.1. The zero-order valence-corrected chi connectivity index (χ0v) is 13.3. The first kappa shape index (κ1) is 16.9. The minimum Gasteiger partial charge on any atom is -0.398 e. The number of sulfonamides is 1. The number of anilines is 1. The zero-order chi connectivity index (χ0) is 15.5. The summed E-state index contributed by atoms with van der Waals surface area (Å²) < 4.78 is 27.7. The Morgan fingerprint density at radius 3 is 2.45 bits per heavy atom. The van der Waals surface area contributed by atoms with Crippen molar-refractivity contribution in [3.05, 3.63) is 22.8 Å². The van der Waals surface area contributed by atoms with Gasteiger partial charge >= 0.3 is 0 Å². The Bertz CT molecular complexity index is 556. The van der Waals surface area contributed by atoms with Crippen LogP contribution in [0.3, 0.4) is 0 Å². The lowest BCUT2D eigenvalue weighted by Crippen LogP contribution is -2.33. The molecule has 4 N–H and O–H groups in total. The molecular formula is C14H24N2O3S. The van der Waals surface area contributed by atoms with Gasteiger partial charge in [0.2, 0.25) is 10.0 Å². The number of aliphatic hydroxyl groups is 1. The van der Waals surface area contributed by atoms with E-state index in [-0.39, 0.29) is 17.5 Å². The number of hydrogen-bond donors (Lipinski definition) is 3. The molecule has 0 aliphatic carbocycles.